The van der Waals surface area contributed by atoms with Crippen molar-refractivity contribution in [1.82, 2.24) is 0 Å². The summed E-state index contributed by atoms with van der Waals surface area (Å²) < 4.78 is 47.0. The highest BCUT2D eigenvalue weighted by molar-refractivity contribution is 5.26. The van der Waals surface area contributed by atoms with Crippen LogP contribution in [-0.4, -0.2) is 168 Å². The first-order valence-electron chi connectivity index (χ1n) is 16.7. The highest BCUT2D eigenvalue weighted by atomic mass is 16.7. The molecule has 3 aliphatic heterocycles. The lowest BCUT2D eigenvalue weighted by molar-refractivity contribution is -0.312. The quantitative estimate of drug-likeness (QED) is 0.0905. The molecule has 1 saturated carbocycles. The zero-order valence-corrected chi connectivity index (χ0v) is 27.8. The molecule has 0 spiro atoms. The van der Waals surface area contributed by atoms with Gasteiger partial charge in [0.25, 0.3) is 0 Å². The van der Waals surface area contributed by atoms with Gasteiger partial charge in [0, 0.05) is 25.0 Å². The van der Waals surface area contributed by atoms with E-state index in [-0.39, 0.29) is 26.0 Å². The molecular formula is C31H53N5O14. The standard InChI is InChI=1S/C31H53N5O14/c1-43-13-4-2-12(3-5-13)11-44-28-19(10-38)48-31(22(36)26(28)42)50-27-15(34)6-14(33)23(39)29(27)49-20-7-16(18(9-37)45-20)46-30-21(35)25(41)24(40)17(8-32)47-30/h2-5,14-31,37-42H,6-11,32-36H2,1H3/t14-,15?,16?,17?,18-,19?,20?,21?,22?,23?,24?,25?,26?,27?,28?,29?,30?,31?/m1/s1. The van der Waals surface area contributed by atoms with Gasteiger partial charge in [0.15, 0.2) is 18.9 Å². The molecule has 3 heterocycles. The van der Waals surface area contributed by atoms with E-state index >= 15 is 0 Å². The molecule has 5 rings (SSSR count). The molecule has 4 aliphatic rings. The van der Waals surface area contributed by atoms with Crippen LogP contribution in [0.15, 0.2) is 24.3 Å². The van der Waals surface area contributed by atoms with E-state index in [0.717, 1.165) is 5.56 Å². The fourth-order valence-electron chi connectivity index (χ4n) is 6.78. The molecule has 50 heavy (non-hydrogen) atoms. The van der Waals surface area contributed by atoms with Crippen molar-refractivity contribution < 1.29 is 68.5 Å². The van der Waals surface area contributed by atoms with Crippen LogP contribution >= 0.6 is 0 Å². The summed E-state index contributed by atoms with van der Waals surface area (Å²) in [6.07, 6.45) is -15.8. The first kappa shape index (κ1) is 39.5. The summed E-state index contributed by atoms with van der Waals surface area (Å²) in [6.45, 7) is -1.04. The van der Waals surface area contributed by atoms with Crippen LogP contribution in [0.3, 0.4) is 0 Å². The minimum atomic E-state index is -1.38. The van der Waals surface area contributed by atoms with Gasteiger partial charge in [-0.3, -0.25) is 0 Å². The maximum atomic E-state index is 11.2. The Morgan fingerprint density at radius 2 is 1.32 bits per heavy atom. The van der Waals surface area contributed by atoms with E-state index in [1.54, 1.807) is 31.4 Å². The van der Waals surface area contributed by atoms with Gasteiger partial charge in [-0.1, -0.05) is 12.1 Å². The van der Waals surface area contributed by atoms with Crippen LogP contribution in [0.25, 0.3) is 0 Å². The first-order valence-corrected chi connectivity index (χ1v) is 16.7. The van der Waals surface area contributed by atoms with Gasteiger partial charge < -0.3 is 97.2 Å². The molecule has 0 amide bonds. The number of ether oxygens (including phenoxy) is 8. The molecule has 1 aliphatic carbocycles. The van der Waals surface area contributed by atoms with Crippen molar-refractivity contribution in [3.05, 3.63) is 29.8 Å². The van der Waals surface area contributed by atoms with Crippen LogP contribution < -0.4 is 33.4 Å². The van der Waals surface area contributed by atoms with Gasteiger partial charge in [-0.25, -0.2) is 0 Å². The zero-order chi connectivity index (χ0) is 36.3. The lowest BCUT2D eigenvalue weighted by Gasteiger charge is -2.47. The minimum absolute atomic E-state index is 0.0160. The van der Waals surface area contributed by atoms with Crippen molar-refractivity contribution in [3.8, 4) is 5.75 Å². The van der Waals surface area contributed by atoms with E-state index in [1.165, 1.54) is 0 Å². The summed E-state index contributed by atoms with van der Waals surface area (Å²) in [4.78, 5) is 0. The van der Waals surface area contributed by atoms with Crippen molar-refractivity contribution >= 4 is 0 Å². The Morgan fingerprint density at radius 1 is 0.680 bits per heavy atom. The predicted molar refractivity (Wildman–Crippen MR) is 171 cm³/mol. The predicted octanol–water partition coefficient (Wildman–Crippen LogP) is -5.60. The van der Waals surface area contributed by atoms with Gasteiger partial charge in [-0.15, -0.1) is 0 Å². The number of hydrogen-bond acceptors (Lipinski definition) is 19. The lowest BCUT2D eigenvalue weighted by atomic mass is 9.84. The molecule has 19 nitrogen and oxygen atoms in total. The second-order valence-corrected chi connectivity index (χ2v) is 13.2. The maximum absolute atomic E-state index is 11.2. The molecule has 3 saturated heterocycles. The lowest BCUT2D eigenvalue weighted by Crippen LogP contribution is -2.68. The highest BCUT2D eigenvalue weighted by Crippen LogP contribution is 2.34. The summed E-state index contributed by atoms with van der Waals surface area (Å²) in [5.41, 5.74) is 31.6. The number of aliphatic hydroxyl groups excluding tert-OH is 6. The Balaban J connectivity index is 1.24. The monoisotopic (exact) mass is 719 g/mol. The molecule has 19 heteroatoms. The number of nitrogens with two attached hydrogens (primary N) is 5. The molecule has 0 aromatic heterocycles. The van der Waals surface area contributed by atoms with Crippen LogP contribution in [0.1, 0.15) is 18.4 Å². The highest BCUT2D eigenvalue weighted by Gasteiger charge is 2.52. The molecule has 0 radical (unpaired) electrons. The van der Waals surface area contributed by atoms with Crippen molar-refractivity contribution in [2.75, 3.05) is 26.9 Å². The Bertz CT molecular complexity index is 1190. The van der Waals surface area contributed by atoms with E-state index in [0.29, 0.717) is 5.75 Å². The van der Waals surface area contributed by atoms with E-state index in [1.807, 2.05) is 0 Å². The molecule has 1 aromatic rings. The summed E-state index contributed by atoms with van der Waals surface area (Å²) in [6, 6.07) is 3.23. The van der Waals surface area contributed by atoms with Gasteiger partial charge in [-0.2, -0.15) is 0 Å². The molecule has 0 bridgehead atoms. The smallest absolute Gasteiger partial charge is 0.176 e. The van der Waals surface area contributed by atoms with Crippen LogP contribution in [0.2, 0.25) is 0 Å². The third kappa shape index (κ3) is 8.57. The fraction of sp³-hybridized carbons (Fsp3) is 0.806. The third-order valence-corrected chi connectivity index (χ3v) is 9.80. The molecule has 286 valence electrons. The number of benzene rings is 1. The molecule has 16 unspecified atom stereocenters. The first-order chi connectivity index (χ1) is 23.9. The number of rotatable bonds is 13. The van der Waals surface area contributed by atoms with Crippen LogP contribution in [-0.2, 0) is 39.8 Å². The molecule has 1 aromatic carbocycles. The Hall–Kier alpha value is -1.70. The van der Waals surface area contributed by atoms with Gasteiger partial charge in [-0.05, 0) is 24.1 Å². The van der Waals surface area contributed by atoms with Crippen LogP contribution in [0, 0.1) is 0 Å². The molecule has 18 atom stereocenters. The van der Waals surface area contributed by atoms with Crippen molar-refractivity contribution in [3.63, 3.8) is 0 Å². The topological polar surface area (TPSA) is 325 Å². The average Bonchev–Trinajstić information content (AvgIpc) is 3.51. The summed E-state index contributed by atoms with van der Waals surface area (Å²) in [5.74, 6) is 0.669. The zero-order valence-electron chi connectivity index (χ0n) is 27.8. The van der Waals surface area contributed by atoms with E-state index < -0.39 is 123 Å². The van der Waals surface area contributed by atoms with Gasteiger partial charge >= 0.3 is 0 Å². The number of hydrogen-bond donors (Lipinski definition) is 11. The number of aliphatic hydroxyl groups is 6. The van der Waals surface area contributed by atoms with Crippen molar-refractivity contribution in [1.29, 1.82) is 0 Å². The van der Waals surface area contributed by atoms with Crippen molar-refractivity contribution in [2.24, 2.45) is 28.7 Å². The second-order valence-electron chi connectivity index (χ2n) is 13.2. The van der Waals surface area contributed by atoms with Gasteiger partial charge in [0.05, 0.1) is 51.2 Å². The fourth-order valence-corrected chi connectivity index (χ4v) is 6.78. The average molecular weight is 720 g/mol. The van der Waals surface area contributed by atoms with E-state index in [9.17, 15) is 30.6 Å². The molecule has 16 N–H and O–H groups in total. The minimum Gasteiger partial charge on any atom is -0.497 e. The largest absolute Gasteiger partial charge is 0.497 e. The normalized spacial score (nSPS) is 45.4. The Labute approximate surface area is 289 Å². The van der Waals surface area contributed by atoms with E-state index in [2.05, 4.69) is 0 Å². The molecular weight excluding hydrogens is 666 g/mol. The van der Waals surface area contributed by atoms with Crippen LogP contribution in [0.4, 0.5) is 0 Å². The second kappa shape index (κ2) is 17.4. The summed E-state index contributed by atoms with van der Waals surface area (Å²) in [5, 5.41) is 63.1. The Kier molecular flexibility index (Phi) is 13.8. The number of methoxy groups -OCH3 is 1. The summed E-state index contributed by atoms with van der Waals surface area (Å²) >= 11 is 0. The summed E-state index contributed by atoms with van der Waals surface area (Å²) in [7, 11) is 1.56. The SMILES string of the molecule is COc1ccc(COC2C(CO)OC(OC3C(N)C[C@@H](N)C(O)C3OC3CC(OC4OC(CN)C(O)C(O)C4N)[C@@H](CO)O3)C(N)C2O)cc1. The van der Waals surface area contributed by atoms with Gasteiger partial charge in [0.2, 0.25) is 0 Å². The third-order valence-electron chi connectivity index (χ3n) is 9.80. The molecule has 4 fully saturated rings. The van der Waals surface area contributed by atoms with Crippen LogP contribution in [0.5, 0.6) is 5.75 Å². The Morgan fingerprint density at radius 3 is 1.96 bits per heavy atom. The maximum Gasteiger partial charge on any atom is 0.176 e. The van der Waals surface area contributed by atoms with Crippen molar-refractivity contribution in [2.45, 2.75) is 130 Å². The van der Waals surface area contributed by atoms with E-state index in [4.69, 9.17) is 66.6 Å². The van der Waals surface area contributed by atoms with Gasteiger partial charge in [0.1, 0.15) is 60.7 Å².